The molecule has 2 N–H and O–H groups in total. The zero-order valence-electron chi connectivity index (χ0n) is 13.6. The summed E-state index contributed by atoms with van der Waals surface area (Å²) in [4.78, 5) is 24.4. The fourth-order valence-corrected chi connectivity index (χ4v) is 2.27. The summed E-state index contributed by atoms with van der Waals surface area (Å²) in [5, 5.41) is 5.88. The molecule has 0 saturated heterocycles. The van der Waals surface area contributed by atoms with Crippen molar-refractivity contribution in [1.82, 2.24) is 5.32 Å². The first-order valence-electron chi connectivity index (χ1n) is 7.73. The van der Waals surface area contributed by atoms with Crippen LogP contribution in [0.4, 0.5) is 10.5 Å². The van der Waals surface area contributed by atoms with Crippen LogP contribution in [0.25, 0.3) is 0 Å². The third kappa shape index (κ3) is 6.31. The zero-order chi connectivity index (χ0) is 18.1. The van der Waals surface area contributed by atoms with Crippen LogP contribution in [0.2, 0.25) is 5.02 Å². The maximum absolute atomic E-state index is 12.2. The summed E-state index contributed by atoms with van der Waals surface area (Å²) < 4.78 is 5.08. The highest BCUT2D eigenvalue weighted by Crippen LogP contribution is 2.13. The van der Waals surface area contributed by atoms with Gasteiger partial charge < -0.3 is 15.4 Å². The maximum Gasteiger partial charge on any atom is 0.329 e. The average molecular weight is 359 g/mol. The molecule has 0 bridgehead atoms. The number of esters is 1. The molecule has 0 aromatic heterocycles. The summed E-state index contributed by atoms with van der Waals surface area (Å²) in [6, 6.07) is 14.7. The van der Waals surface area contributed by atoms with E-state index in [-0.39, 0.29) is 6.61 Å². The largest absolute Gasteiger partial charge is 0.460 e. The fraction of sp³-hybridized carbons (Fsp3) is 0.158. The molecule has 2 aromatic carbocycles. The van der Waals surface area contributed by atoms with E-state index in [4.69, 9.17) is 16.3 Å². The van der Waals surface area contributed by atoms with Crippen molar-refractivity contribution in [3.8, 4) is 0 Å². The SMILES string of the molecule is C=CCOC(=O)C(Cc1ccccc1)NC(=O)Nc1ccc(Cl)cc1. The van der Waals surface area contributed by atoms with E-state index in [0.29, 0.717) is 17.1 Å². The maximum atomic E-state index is 12.2. The highest BCUT2D eigenvalue weighted by Gasteiger charge is 2.22. The summed E-state index contributed by atoms with van der Waals surface area (Å²) in [5.41, 5.74) is 1.48. The molecule has 1 atom stereocenters. The number of halogens is 1. The molecular weight excluding hydrogens is 340 g/mol. The van der Waals surface area contributed by atoms with Gasteiger partial charge in [-0.3, -0.25) is 0 Å². The molecule has 0 aliphatic heterocycles. The Morgan fingerprint density at radius 2 is 1.80 bits per heavy atom. The van der Waals surface area contributed by atoms with E-state index in [1.54, 1.807) is 24.3 Å². The normalized spacial score (nSPS) is 11.2. The van der Waals surface area contributed by atoms with Crippen LogP contribution in [0.15, 0.2) is 67.3 Å². The molecule has 0 radical (unpaired) electrons. The molecule has 6 heteroatoms. The Bertz CT molecular complexity index is 717. The third-order valence-electron chi connectivity index (χ3n) is 3.32. The van der Waals surface area contributed by atoms with Crippen LogP contribution >= 0.6 is 11.6 Å². The van der Waals surface area contributed by atoms with Crippen molar-refractivity contribution in [3.63, 3.8) is 0 Å². The minimum atomic E-state index is -0.811. The van der Waals surface area contributed by atoms with E-state index in [0.717, 1.165) is 5.56 Å². The molecule has 0 aliphatic rings. The summed E-state index contributed by atoms with van der Waals surface area (Å²) in [5.74, 6) is -0.519. The number of urea groups is 1. The van der Waals surface area contributed by atoms with Gasteiger partial charge in [-0.1, -0.05) is 54.6 Å². The molecule has 2 amide bonds. The van der Waals surface area contributed by atoms with Gasteiger partial charge in [0.25, 0.3) is 0 Å². The van der Waals surface area contributed by atoms with Gasteiger partial charge in [-0.25, -0.2) is 9.59 Å². The van der Waals surface area contributed by atoms with E-state index in [1.165, 1.54) is 6.08 Å². The second-order valence-corrected chi connectivity index (χ2v) is 5.70. The molecule has 0 saturated carbocycles. The molecule has 2 aromatic rings. The second kappa shape index (κ2) is 9.49. The number of anilines is 1. The predicted molar refractivity (Wildman–Crippen MR) is 98.7 cm³/mol. The molecule has 2 rings (SSSR count). The van der Waals surface area contributed by atoms with Crippen molar-refractivity contribution in [3.05, 3.63) is 77.8 Å². The molecule has 1 unspecified atom stereocenters. The predicted octanol–water partition coefficient (Wildman–Crippen LogP) is 3.80. The van der Waals surface area contributed by atoms with Crippen LogP contribution in [0.1, 0.15) is 5.56 Å². The fourth-order valence-electron chi connectivity index (χ4n) is 2.14. The van der Waals surface area contributed by atoms with E-state index in [1.807, 2.05) is 30.3 Å². The topological polar surface area (TPSA) is 67.4 Å². The molecule has 0 heterocycles. The zero-order valence-corrected chi connectivity index (χ0v) is 14.3. The lowest BCUT2D eigenvalue weighted by atomic mass is 10.1. The molecule has 25 heavy (non-hydrogen) atoms. The standard InChI is InChI=1S/C19H19ClN2O3/c1-2-12-25-18(23)17(13-14-6-4-3-5-7-14)22-19(24)21-16-10-8-15(20)9-11-16/h2-11,17H,1,12-13H2,(H2,21,22,24). The number of hydrogen-bond donors (Lipinski definition) is 2. The Labute approximate surface area is 151 Å². The Morgan fingerprint density at radius 3 is 2.44 bits per heavy atom. The summed E-state index contributed by atoms with van der Waals surface area (Å²) in [6.07, 6.45) is 1.80. The first-order valence-corrected chi connectivity index (χ1v) is 8.11. The number of benzene rings is 2. The van der Waals surface area contributed by atoms with Gasteiger partial charge in [0.1, 0.15) is 12.6 Å². The highest BCUT2D eigenvalue weighted by molar-refractivity contribution is 6.30. The number of nitrogens with one attached hydrogen (secondary N) is 2. The quantitative estimate of drug-likeness (QED) is 0.584. The minimum Gasteiger partial charge on any atom is -0.460 e. The lowest BCUT2D eigenvalue weighted by Gasteiger charge is -2.18. The van der Waals surface area contributed by atoms with Crippen molar-refractivity contribution in [2.45, 2.75) is 12.5 Å². The Balaban J connectivity index is 2.03. The lowest BCUT2D eigenvalue weighted by molar-refractivity contribution is -0.144. The van der Waals surface area contributed by atoms with Gasteiger partial charge >= 0.3 is 12.0 Å². The van der Waals surface area contributed by atoms with Crippen LogP contribution in [-0.4, -0.2) is 24.6 Å². The molecule has 0 aliphatic carbocycles. The monoisotopic (exact) mass is 358 g/mol. The van der Waals surface area contributed by atoms with Gasteiger partial charge in [0.2, 0.25) is 0 Å². The van der Waals surface area contributed by atoms with E-state index in [9.17, 15) is 9.59 Å². The van der Waals surface area contributed by atoms with Crippen LogP contribution < -0.4 is 10.6 Å². The van der Waals surface area contributed by atoms with Crippen molar-refractivity contribution in [2.24, 2.45) is 0 Å². The number of amides is 2. The number of hydrogen-bond acceptors (Lipinski definition) is 3. The van der Waals surface area contributed by atoms with Crippen molar-refractivity contribution < 1.29 is 14.3 Å². The van der Waals surface area contributed by atoms with Crippen molar-refractivity contribution in [1.29, 1.82) is 0 Å². The highest BCUT2D eigenvalue weighted by atomic mass is 35.5. The van der Waals surface area contributed by atoms with E-state index in [2.05, 4.69) is 17.2 Å². The van der Waals surface area contributed by atoms with E-state index < -0.39 is 18.0 Å². The Hall–Kier alpha value is -2.79. The van der Waals surface area contributed by atoms with Gasteiger partial charge in [-0.05, 0) is 29.8 Å². The van der Waals surface area contributed by atoms with Gasteiger partial charge in [-0.15, -0.1) is 0 Å². The minimum absolute atomic E-state index is 0.0879. The molecule has 0 fully saturated rings. The summed E-state index contributed by atoms with van der Waals surface area (Å²) in [7, 11) is 0. The molecule has 130 valence electrons. The number of carbonyl (C=O) groups is 2. The number of ether oxygens (including phenoxy) is 1. The lowest BCUT2D eigenvalue weighted by Crippen LogP contribution is -2.45. The Kier molecular flexibility index (Phi) is 7.04. The van der Waals surface area contributed by atoms with Crippen LogP contribution in [-0.2, 0) is 16.0 Å². The third-order valence-corrected chi connectivity index (χ3v) is 3.57. The summed E-state index contributed by atoms with van der Waals surface area (Å²) in [6.45, 7) is 3.60. The summed E-state index contributed by atoms with van der Waals surface area (Å²) >= 11 is 5.82. The van der Waals surface area contributed by atoms with Crippen LogP contribution in [0.5, 0.6) is 0 Å². The van der Waals surface area contributed by atoms with Crippen LogP contribution in [0.3, 0.4) is 0 Å². The number of carbonyl (C=O) groups excluding carboxylic acids is 2. The Morgan fingerprint density at radius 1 is 1.12 bits per heavy atom. The molecule has 5 nitrogen and oxygen atoms in total. The average Bonchev–Trinajstić information content (AvgIpc) is 2.62. The van der Waals surface area contributed by atoms with Crippen LogP contribution in [0, 0.1) is 0 Å². The van der Waals surface area contributed by atoms with Gasteiger partial charge in [0.05, 0.1) is 0 Å². The van der Waals surface area contributed by atoms with Gasteiger partial charge in [0, 0.05) is 17.1 Å². The van der Waals surface area contributed by atoms with Gasteiger partial charge in [0.15, 0.2) is 0 Å². The van der Waals surface area contributed by atoms with Crippen molar-refractivity contribution >= 4 is 29.3 Å². The van der Waals surface area contributed by atoms with Crippen molar-refractivity contribution in [2.75, 3.05) is 11.9 Å². The molecule has 0 spiro atoms. The van der Waals surface area contributed by atoms with Gasteiger partial charge in [-0.2, -0.15) is 0 Å². The second-order valence-electron chi connectivity index (χ2n) is 5.27. The smallest absolute Gasteiger partial charge is 0.329 e. The molecular formula is C19H19ClN2O3. The number of rotatable bonds is 7. The van der Waals surface area contributed by atoms with E-state index >= 15 is 0 Å². The first kappa shape index (κ1) is 18.5. The first-order chi connectivity index (χ1) is 12.1.